The number of amides is 1. The molecule has 0 bridgehead atoms. The van der Waals surface area contributed by atoms with E-state index in [4.69, 9.17) is 0 Å². The molecule has 0 atom stereocenters. The highest BCUT2D eigenvalue weighted by atomic mass is 32.2. The number of anilines is 1. The molecule has 1 fully saturated rings. The number of rotatable bonds is 8. The Hall–Kier alpha value is -3.15. The van der Waals surface area contributed by atoms with Crippen LogP contribution in [0.5, 0.6) is 0 Å². The largest absolute Gasteiger partial charge is 0.282 e. The van der Waals surface area contributed by atoms with Gasteiger partial charge in [-0.25, -0.2) is 17.8 Å². The normalized spacial score (nSPS) is 14.1. The van der Waals surface area contributed by atoms with Gasteiger partial charge in [-0.1, -0.05) is 17.4 Å². The van der Waals surface area contributed by atoms with E-state index in [1.165, 1.54) is 50.9 Å². The minimum atomic E-state index is -3.61. The summed E-state index contributed by atoms with van der Waals surface area (Å²) in [4.78, 5) is 19.5. The maximum atomic E-state index is 14.2. The maximum Gasteiger partial charge on any atom is 0.260 e. The Morgan fingerprint density at radius 2 is 1.94 bits per heavy atom. The molecule has 0 spiro atoms. The fourth-order valence-corrected chi connectivity index (χ4v) is 6.08. The second-order valence-electron chi connectivity index (χ2n) is 8.09. The number of nitrogens with zero attached hydrogens (tertiary/aromatic N) is 5. The lowest BCUT2D eigenvalue weighted by Crippen LogP contribution is -2.34. The third-order valence-corrected chi connectivity index (χ3v) is 8.75. The molecule has 0 radical (unpaired) electrons. The number of benzene rings is 2. The van der Waals surface area contributed by atoms with E-state index < -0.39 is 15.8 Å². The van der Waals surface area contributed by atoms with E-state index in [-0.39, 0.29) is 28.9 Å². The molecule has 5 rings (SSSR count). The Kier molecular flexibility index (Phi) is 5.92. The molecule has 1 amide bonds. The Balaban J connectivity index is 1.45. The molecule has 176 valence electrons. The summed E-state index contributed by atoms with van der Waals surface area (Å²) >= 11 is 1.22. The van der Waals surface area contributed by atoms with Gasteiger partial charge in [0.1, 0.15) is 11.3 Å². The van der Waals surface area contributed by atoms with Crippen molar-refractivity contribution < 1.29 is 17.6 Å². The standard InChI is InChI=1S/C23H22FN5O3S2/c1-27(17-8-9-17)34(31,32)18-10-6-16(7-11-18)22(30)29(15-14-28-13-3-12-25-28)23-26-21-19(24)4-2-5-20(21)33-23/h2-7,10-13,17H,8-9,14-15H2,1H3. The van der Waals surface area contributed by atoms with E-state index in [1.54, 1.807) is 42.3 Å². The van der Waals surface area contributed by atoms with E-state index in [1.807, 2.05) is 0 Å². The second kappa shape index (κ2) is 8.90. The van der Waals surface area contributed by atoms with Gasteiger partial charge in [0.25, 0.3) is 5.91 Å². The average Bonchev–Trinajstić information content (AvgIpc) is 3.36. The highest BCUT2D eigenvalue weighted by molar-refractivity contribution is 7.89. The quantitative estimate of drug-likeness (QED) is 0.368. The molecule has 0 N–H and O–H groups in total. The SMILES string of the molecule is CN(C1CC1)S(=O)(=O)c1ccc(C(=O)N(CCn2cccn2)c2nc3c(F)cccc3s2)cc1. The van der Waals surface area contributed by atoms with Gasteiger partial charge >= 0.3 is 0 Å². The highest BCUT2D eigenvalue weighted by Crippen LogP contribution is 2.32. The Morgan fingerprint density at radius 1 is 1.18 bits per heavy atom. The zero-order valence-electron chi connectivity index (χ0n) is 18.3. The fourth-order valence-electron chi connectivity index (χ4n) is 3.66. The predicted octanol–water partition coefficient (Wildman–Crippen LogP) is 3.76. The summed E-state index contributed by atoms with van der Waals surface area (Å²) in [7, 11) is -2.03. The number of sulfonamides is 1. The number of hydrogen-bond donors (Lipinski definition) is 0. The molecule has 2 aromatic carbocycles. The van der Waals surface area contributed by atoms with Crippen LogP contribution in [0.3, 0.4) is 0 Å². The van der Waals surface area contributed by atoms with Crippen LogP contribution in [0.4, 0.5) is 9.52 Å². The van der Waals surface area contributed by atoms with Crippen LogP contribution in [0.15, 0.2) is 65.8 Å². The molecule has 11 heteroatoms. The van der Waals surface area contributed by atoms with E-state index in [0.717, 1.165) is 12.8 Å². The van der Waals surface area contributed by atoms with Crippen LogP contribution < -0.4 is 4.90 Å². The molecule has 0 aliphatic heterocycles. The van der Waals surface area contributed by atoms with Crippen LogP contribution in [-0.2, 0) is 16.6 Å². The van der Waals surface area contributed by atoms with Crippen LogP contribution in [0.25, 0.3) is 10.2 Å². The first-order chi connectivity index (χ1) is 16.3. The summed E-state index contributed by atoms with van der Waals surface area (Å²) in [5, 5.41) is 4.54. The smallest absolute Gasteiger partial charge is 0.260 e. The molecule has 1 saturated carbocycles. The molecule has 2 heterocycles. The van der Waals surface area contributed by atoms with Crippen molar-refractivity contribution in [3.63, 3.8) is 0 Å². The first kappa shape index (κ1) is 22.6. The molecule has 1 aliphatic carbocycles. The van der Waals surface area contributed by atoms with Gasteiger partial charge in [-0.15, -0.1) is 0 Å². The van der Waals surface area contributed by atoms with Crippen LogP contribution in [0.1, 0.15) is 23.2 Å². The number of halogens is 1. The third kappa shape index (κ3) is 4.33. The molecule has 2 aromatic heterocycles. The first-order valence-corrected chi connectivity index (χ1v) is 13.0. The average molecular weight is 500 g/mol. The summed E-state index contributed by atoms with van der Waals surface area (Å²) in [6.07, 6.45) is 5.16. The topological polar surface area (TPSA) is 88.4 Å². The number of carbonyl (C=O) groups is 1. The highest BCUT2D eigenvalue weighted by Gasteiger charge is 2.35. The van der Waals surface area contributed by atoms with E-state index in [2.05, 4.69) is 10.1 Å². The minimum Gasteiger partial charge on any atom is -0.282 e. The fraction of sp³-hybridized carbons (Fsp3) is 0.261. The monoisotopic (exact) mass is 499 g/mol. The second-order valence-corrected chi connectivity index (χ2v) is 11.1. The van der Waals surface area contributed by atoms with Crippen LogP contribution in [-0.4, -0.2) is 53.0 Å². The summed E-state index contributed by atoms with van der Waals surface area (Å²) in [5.74, 6) is -0.806. The van der Waals surface area contributed by atoms with E-state index in [9.17, 15) is 17.6 Å². The van der Waals surface area contributed by atoms with Gasteiger partial charge in [0.15, 0.2) is 5.13 Å². The van der Waals surface area contributed by atoms with Crippen LogP contribution >= 0.6 is 11.3 Å². The van der Waals surface area contributed by atoms with Crippen molar-refractivity contribution in [2.75, 3.05) is 18.5 Å². The summed E-state index contributed by atoms with van der Waals surface area (Å²) in [6, 6.07) is 12.4. The zero-order valence-corrected chi connectivity index (χ0v) is 20.0. The van der Waals surface area contributed by atoms with Crippen molar-refractivity contribution in [1.29, 1.82) is 0 Å². The summed E-state index contributed by atoms with van der Waals surface area (Å²) in [6.45, 7) is 0.669. The maximum absolute atomic E-state index is 14.2. The lowest BCUT2D eigenvalue weighted by Gasteiger charge is -2.20. The molecule has 0 unspecified atom stereocenters. The summed E-state index contributed by atoms with van der Waals surface area (Å²) < 4.78 is 43.5. The van der Waals surface area contributed by atoms with Gasteiger partial charge in [-0.05, 0) is 55.3 Å². The predicted molar refractivity (Wildman–Crippen MR) is 128 cm³/mol. The van der Waals surface area contributed by atoms with Gasteiger partial charge in [0, 0.05) is 37.6 Å². The van der Waals surface area contributed by atoms with Gasteiger partial charge < -0.3 is 0 Å². The van der Waals surface area contributed by atoms with Gasteiger partial charge in [0.05, 0.1) is 16.1 Å². The van der Waals surface area contributed by atoms with Crippen molar-refractivity contribution in [3.8, 4) is 0 Å². The lowest BCUT2D eigenvalue weighted by molar-refractivity contribution is 0.0985. The molecular formula is C23H22FN5O3S2. The zero-order chi connectivity index (χ0) is 23.9. The number of fused-ring (bicyclic) bond motifs is 1. The van der Waals surface area contributed by atoms with Gasteiger partial charge in [0.2, 0.25) is 10.0 Å². The van der Waals surface area contributed by atoms with Crippen molar-refractivity contribution in [2.45, 2.75) is 30.3 Å². The van der Waals surface area contributed by atoms with Crippen molar-refractivity contribution in [3.05, 3.63) is 72.3 Å². The van der Waals surface area contributed by atoms with Crippen molar-refractivity contribution >= 4 is 42.6 Å². The van der Waals surface area contributed by atoms with Crippen molar-refractivity contribution in [2.24, 2.45) is 0 Å². The van der Waals surface area contributed by atoms with Crippen LogP contribution in [0, 0.1) is 5.82 Å². The Labute approximate surface area is 200 Å². The molecule has 8 nitrogen and oxygen atoms in total. The number of carbonyl (C=O) groups excluding carboxylic acids is 1. The lowest BCUT2D eigenvalue weighted by atomic mass is 10.2. The third-order valence-electron chi connectivity index (χ3n) is 5.79. The Morgan fingerprint density at radius 3 is 2.59 bits per heavy atom. The number of aromatic nitrogens is 3. The number of hydrogen-bond acceptors (Lipinski definition) is 6. The summed E-state index contributed by atoms with van der Waals surface area (Å²) in [5.41, 5.74) is 0.525. The number of thiazole rings is 1. The van der Waals surface area contributed by atoms with E-state index >= 15 is 0 Å². The van der Waals surface area contributed by atoms with Crippen molar-refractivity contribution in [1.82, 2.24) is 19.1 Å². The minimum absolute atomic E-state index is 0.0449. The number of para-hydroxylation sites is 1. The van der Waals surface area contributed by atoms with Crippen LogP contribution in [0.2, 0.25) is 0 Å². The molecule has 4 aromatic rings. The molecule has 1 aliphatic rings. The van der Waals surface area contributed by atoms with E-state index in [0.29, 0.717) is 21.9 Å². The molecular weight excluding hydrogens is 477 g/mol. The molecule has 34 heavy (non-hydrogen) atoms. The molecule has 0 saturated heterocycles. The Bertz CT molecular complexity index is 1430. The van der Waals surface area contributed by atoms with Gasteiger partial charge in [-0.2, -0.15) is 9.40 Å². The van der Waals surface area contributed by atoms with Gasteiger partial charge in [-0.3, -0.25) is 14.4 Å². The first-order valence-electron chi connectivity index (χ1n) is 10.8.